The van der Waals surface area contributed by atoms with E-state index in [1.54, 1.807) is 0 Å². The highest BCUT2D eigenvalue weighted by molar-refractivity contribution is 8.01. The number of ether oxygens (including phenoxy) is 1. The van der Waals surface area contributed by atoms with Crippen LogP contribution in [-0.2, 0) is 0 Å². The van der Waals surface area contributed by atoms with Gasteiger partial charge < -0.3 is 10.5 Å². The number of nitrogens with two attached hydrogens (primary N) is 1. The average molecular weight is 255 g/mol. The largest absolute Gasteiger partial charge is 0.490 e. The van der Waals surface area contributed by atoms with Gasteiger partial charge in [-0.15, -0.1) is 10.2 Å². The lowest BCUT2D eigenvalue weighted by Gasteiger charge is -2.06. The highest BCUT2D eigenvalue weighted by atomic mass is 32.2. The summed E-state index contributed by atoms with van der Waals surface area (Å²) in [7, 11) is 1.53. The van der Waals surface area contributed by atoms with Gasteiger partial charge in [0.25, 0.3) is 0 Å². The molecule has 0 unspecified atom stereocenters. The summed E-state index contributed by atoms with van der Waals surface area (Å²) in [4.78, 5) is 7.95. The highest BCUT2D eigenvalue weighted by Crippen LogP contribution is 2.36. The lowest BCUT2D eigenvalue weighted by Crippen LogP contribution is -1.98. The van der Waals surface area contributed by atoms with E-state index in [0.717, 1.165) is 9.35 Å². The Kier molecular flexibility index (Phi) is 3.20. The molecule has 0 spiro atoms. The molecule has 0 fully saturated rings. The van der Waals surface area contributed by atoms with E-state index in [2.05, 4.69) is 20.2 Å². The zero-order valence-electron chi connectivity index (χ0n) is 8.67. The lowest BCUT2D eigenvalue weighted by atomic mass is 10.5. The normalized spacial score (nSPS) is 10.4. The molecule has 0 amide bonds. The molecule has 2 aromatic rings. The number of hydrogen-bond acceptors (Lipinski definition) is 8. The van der Waals surface area contributed by atoms with Crippen molar-refractivity contribution >= 4 is 28.9 Å². The number of nitrogen functional groups attached to an aromatic ring is 1. The molecule has 0 saturated heterocycles. The minimum absolute atomic E-state index is 0.321. The van der Waals surface area contributed by atoms with Crippen LogP contribution < -0.4 is 10.5 Å². The number of rotatable bonds is 3. The zero-order chi connectivity index (χ0) is 11.5. The van der Waals surface area contributed by atoms with E-state index in [-0.39, 0.29) is 0 Å². The van der Waals surface area contributed by atoms with Crippen molar-refractivity contribution in [3.05, 3.63) is 11.3 Å². The van der Waals surface area contributed by atoms with Crippen LogP contribution in [0.15, 0.2) is 15.7 Å². The van der Waals surface area contributed by atoms with Crippen LogP contribution in [0.25, 0.3) is 0 Å². The minimum Gasteiger partial charge on any atom is -0.490 e. The van der Waals surface area contributed by atoms with Crippen LogP contribution >= 0.6 is 23.1 Å². The van der Waals surface area contributed by atoms with Crippen molar-refractivity contribution < 1.29 is 4.74 Å². The molecule has 0 atom stereocenters. The number of anilines is 1. The SMILES string of the molecule is COc1c(N)ncnc1Sc1nnc(C)s1. The Morgan fingerprint density at radius 3 is 2.81 bits per heavy atom. The zero-order valence-corrected chi connectivity index (χ0v) is 10.3. The fourth-order valence-corrected chi connectivity index (χ4v) is 2.85. The topological polar surface area (TPSA) is 86.8 Å². The monoisotopic (exact) mass is 255 g/mol. The first-order valence-corrected chi connectivity index (χ1v) is 5.96. The first kappa shape index (κ1) is 11.1. The first-order chi connectivity index (χ1) is 7.70. The maximum absolute atomic E-state index is 5.67. The summed E-state index contributed by atoms with van der Waals surface area (Å²) in [6, 6.07) is 0. The molecule has 2 rings (SSSR count). The van der Waals surface area contributed by atoms with Gasteiger partial charge in [-0.1, -0.05) is 11.3 Å². The van der Waals surface area contributed by atoms with Crippen LogP contribution in [0, 0.1) is 6.92 Å². The third-order valence-corrected chi connectivity index (χ3v) is 3.57. The maximum Gasteiger partial charge on any atom is 0.193 e. The van der Waals surface area contributed by atoms with Crippen molar-refractivity contribution in [3.63, 3.8) is 0 Å². The first-order valence-electron chi connectivity index (χ1n) is 4.33. The van der Waals surface area contributed by atoms with Crippen molar-refractivity contribution in [2.45, 2.75) is 16.3 Å². The summed E-state index contributed by atoms with van der Waals surface area (Å²) < 4.78 is 5.94. The number of methoxy groups -OCH3 is 1. The van der Waals surface area contributed by atoms with E-state index < -0.39 is 0 Å². The molecule has 0 radical (unpaired) electrons. The smallest absolute Gasteiger partial charge is 0.193 e. The summed E-state index contributed by atoms with van der Waals surface area (Å²) in [5.41, 5.74) is 5.67. The molecule has 84 valence electrons. The molecule has 0 aliphatic rings. The third kappa shape index (κ3) is 2.22. The van der Waals surface area contributed by atoms with E-state index in [9.17, 15) is 0 Å². The van der Waals surface area contributed by atoms with Gasteiger partial charge >= 0.3 is 0 Å². The van der Waals surface area contributed by atoms with Crippen LogP contribution in [0.4, 0.5) is 5.82 Å². The van der Waals surface area contributed by atoms with Crippen molar-refractivity contribution in [1.82, 2.24) is 20.2 Å². The van der Waals surface area contributed by atoms with Crippen LogP contribution in [0.5, 0.6) is 5.75 Å². The molecule has 6 nitrogen and oxygen atoms in total. The minimum atomic E-state index is 0.321. The van der Waals surface area contributed by atoms with Gasteiger partial charge in [-0.2, -0.15) is 0 Å². The molecule has 8 heteroatoms. The number of aryl methyl sites for hydroxylation is 1. The molecule has 0 aromatic carbocycles. The molecule has 2 heterocycles. The van der Waals surface area contributed by atoms with Gasteiger partial charge in [0.1, 0.15) is 11.3 Å². The molecule has 0 aliphatic heterocycles. The summed E-state index contributed by atoms with van der Waals surface area (Å²) in [6.45, 7) is 1.90. The summed E-state index contributed by atoms with van der Waals surface area (Å²) in [5, 5.41) is 9.46. The second kappa shape index (κ2) is 4.62. The van der Waals surface area contributed by atoms with E-state index in [1.165, 1.54) is 36.5 Å². The van der Waals surface area contributed by atoms with Gasteiger partial charge in [0, 0.05) is 0 Å². The maximum atomic E-state index is 5.67. The van der Waals surface area contributed by atoms with Gasteiger partial charge in [-0.05, 0) is 18.7 Å². The Morgan fingerprint density at radius 2 is 2.19 bits per heavy atom. The van der Waals surface area contributed by atoms with Crippen molar-refractivity contribution in [3.8, 4) is 5.75 Å². The summed E-state index contributed by atoms with van der Waals surface area (Å²) in [6.07, 6.45) is 1.40. The van der Waals surface area contributed by atoms with E-state index in [4.69, 9.17) is 10.5 Å². The standard InChI is InChI=1S/C8H9N5OS2/c1-4-12-13-8(15-4)16-7-5(14-2)6(9)10-3-11-7/h3H,1-2H3,(H2,9,10,11). The Labute approximate surface area is 100 Å². The van der Waals surface area contributed by atoms with E-state index in [0.29, 0.717) is 16.6 Å². The molecular weight excluding hydrogens is 246 g/mol. The van der Waals surface area contributed by atoms with Gasteiger partial charge in [0.2, 0.25) is 0 Å². The molecule has 0 saturated carbocycles. The predicted octanol–water partition coefficient (Wildman–Crippen LogP) is 1.38. The predicted molar refractivity (Wildman–Crippen MR) is 61.8 cm³/mol. The van der Waals surface area contributed by atoms with Gasteiger partial charge in [0.15, 0.2) is 20.9 Å². The highest BCUT2D eigenvalue weighted by Gasteiger charge is 2.13. The quantitative estimate of drug-likeness (QED) is 0.829. The van der Waals surface area contributed by atoms with E-state index in [1.807, 2.05) is 6.92 Å². The third-order valence-electron chi connectivity index (χ3n) is 1.69. The second-order valence-corrected chi connectivity index (χ2v) is 5.20. The van der Waals surface area contributed by atoms with Crippen molar-refractivity contribution in [1.29, 1.82) is 0 Å². The van der Waals surface area contributed by atoms with Crippen LogP contribution in [-0.4, -0.2) is 27.3 Å². The molecule has 16 heavy (non-hydrogen) atoms. The second-order valence-electron chi connectivity index (χ2n) is 2.79. The number of aromatic nitrogens is 4. The van der Waals surface area contributed by atoms with Gasteiger partial charge in [0.05, 0.1) is 7.11 Å². The van der Waals surface area contributed by atoms with Crippen molar-refractivity contribution in [2.24, 2.45) is 0 Å². The van der Waals surface area contributed by atoms with Crippen LogP contribution in [0.3, 0.4) is 0 Å². The summed E-state index contributed by atoms with van der Waals surface area (Å²) in [5.74, 6) is 0.793. The van der Waals surface area contributed by atoms with Gasteiger partial charge in [-0.25, -0.2) is 9.97 Å². The molecule has 2 aromatic heterocycles. The number of nitrogens with zero attached hydrogens (tertiary/aromatic N) is 4. The van der Waals surface area contributed by atoms with Crippen LogP contribution in [0.1, 0.15) is 5.01 Å². The Bertz CT molecular complexity index is 501. The fourth-order valence-electron chi connectivity index (χ4n) is 1.04. The van der Waals surface area contributed by atoms with Crippen molar-refractivity contribution in [2.75, 3.05) is 12.8 Å². The molecular formula is C8H9N5OS2. The average Bonchev–Trinajstić information content (AvgIpc) is 2.64. The summed E-state index contributed by atoms with van der Waals surface area (Å²) >= 11 is 2.85. The van der Waals surface area contributed by atoms with Crippen LogP contribution in [0.2, 0.25) is 0 Å². The molecule has 2 N–H and O–H groups in total. The number of hydrogen-bond donors (Lipinski definition) is 1. The Balaban J connectivity index is 2.30. The fraction of sp³-hybridized carbons (Fsp3) is 0.250. The molecule has 0 aliphatic carbocycles. The Hall–Kier alpha value is -1.41. The molecule has 0 bridgehead atoms. The van der Waals surface area contributed by atoms with Gasteiger partial charge in [-0.3, -0.25) is 0 Å². The van der Waals surface area contributed by atoms with E-state index >= 15 is 0 Å². The Morgan fingerprint density at radius 1 is 1.38 bits per heavy atom. The lowest BCUT2D eigenvalue weighted by molar-refractivity contribution is 0.401.